The predicted molar refractivity (Wildman–Crippen MR) is 77.9 cm³/mol. The van der Waals surface area contributed by atoms with Gasteiger partial charge in [-0.2, -0.15) is 0 Å². The van der Waals surface area contributed by atoms with E-state index in [4.69, 9.17) is 4.74 Å². The number of hydrogen-bond donors (Lipinski definition) is 0. The zero-order valence-corrected chi connectivity index (χ0v) is 11.6. The number of methoxy groups -OCH3 is 1. The molecule has 19 heavy (non-hydrogen) atoms. The van der Waals surface area contributed by atoms with Crippen LogP contribution in [-0.2, 0) is 6.42 Å². The Balaban J connectivity index is 2.62. The van der Waals surface area contributed by atoms with Crippen LogP contribution in [0.25, 0.3) is 11.1 Å². The Morgan fingerprint density at radius 2 is 1.79 bits per heavy atom. The fourth-order valence-corrected chi connectivity index (χ4v) is 2.28. The Hall–Kier alpha value is -2.09. The van der Waals surface area contributed by atoms with Gasteiger partial charge in [-0.3, -0.25) is 4.79 Å². The highest BCUT2D eigenvalue weighted by Gasteiger charge is 2.13. The second kappa shape index (κ2) is 5.70. The standard InChI is InChI=1S/C17H18O2/c1-4-13-6-9-14(10-7-13)16-12(2)5-8-15(11-18)17(16)19-3/h5-11H,4H2,1-3H3. The van der Waals surface area contributed by atoms with Gasteiger partial charge in [0.15, 0.2) is 6.29 Å². The highest BCUT2D eigenvalue weighted by molar-refractivity contribution is 5.87. The normalized spacial score (nSPS) is 10.3. The Morgan fingerprint density at radius 1 is 1.11 bits per heavy atom. The molecule has 2 rings (SSSR count). The SMILES string of the molecule is CCc1ccc(-c2c(C)ccc(C=O)c2OC)cc1. The van der Waals surface area contributed by atoms with Crippen LogP contribution < -0.4 is 4.74 Å². The van der Waals surface area contributed by atoms with Crippen LogP contribution in [0.15, 0.2) is 36.4 Å². The smallest absolute Gasteiger partial charge is 0.153 e. The zero-order valence-electron chi connectivity index (χ0n) is 11.6. The summed E-state index contributed by atoms with van der Waals surface area (Å²) in [5.74, 6) is 0.652. The number of benzene rings is 2. The van der Waals surface area contributed by atoms with Crippen molar-refractivity contribution in [3.05, 3.63) is 53.1 Å². The van der Waals surface area contributed by atoms with E-state index in [0.29, 0.717) is 11.3 Å². The first-order chi connectivity index (χ1) is 9.21. The summed E-state index contributed by atoms with van der Waals surface area (Å²) in [5.41, 5.74) is 5.06. The molecule has 0 amide bonds. The number of carbonyl (C=O) groups excluding carboxylic acids is 1. The van der Waals surface area contributed by atoms with Crippen molar-refractivity contribution in [2.75, 3.05) is 7.11 Å². The predicted octanol–water partition coefficient (Wildman–Crippen LogP) is 4.05. The van der Waals surface area contributed by atoms with Gasteiger partial charge < -0.3 is 4.74 Å². The van der Waals surface area contributed by atoms with Gasteiger partial charge in [0.25, 0.3) is 0 Å². The zero-order chi connectivity index (χ0) is 13.8. The first-order valence-electron chi connectivity index (χ1n) is 6.43. The van der Waals surface area contributed by atoms with Crippen LogP contribution in [0.3, 0.4) is 0 Å². The van der Waals surface area contributed by atoms with Gasteiger partial charge in [-0.05, 0) is 36.1 Å². The maximum atomic E-state index is 11.1. The Labute approximate surface area is 114 Å². The maximum absolute atomic E-state index is 11.1. The van der Waals surface area contributed by atoms with Crippen LogP contribution in [0.1, 0.15) is 28.4 Å². The molecular formula is C17H18O2. The van der Waals surface area contributed by atoms with Crippen molar-refractivity contribution >= 4 is 6.29 Å². The lowest BCUT2D eigenvalue weighted by Crippen LogP contribution is -1.96. The second-order valence-electron chi connectivity index (χ2n) is 4.55. The van der Waals surface area contributed by atoms with Gasteiger partial charge >= 0.3 is 0 Å². The molecule has 0 aromatic heterocycles. The maximum Gasteiger partial charge on any atom is 0.153 e. The highest BCUT2D eigenvalue weighted by atomic mass is 16.5. The first-order valence-corrected chi connectivity index (χ1v) is 6.43. The van der Waals surface area contributed by atoms with E-state index in [-0.39, 0.29) is 0 Å². The molecule has 0 spiro atoms. The third-order valence-electron chi connectivity index (χ3n) is 3.38. The molecule has 0 fully saturated rings. The summed E-state index contributed by atoms with van der Waals surface area (Å²) in [6, 6.07) is 12.1. The molecule has 0 unspecified atom stereocenters. The second-order valence-corrected chi connectivity index (χ2v) is 4.55. The van der Waals surface area contributed by atoms with Crippen molar-refractivity contribution < 1.29 is 9.53 Å². The lowest BCUT2D eigenvalue weighted by molar-refractivity contribution is 0.112. The monoisotopic (exact) mass is 254 g/mol. The minimum atomic E-state index is 0.586. The third kappa shape index (κ3) is 2.53. The molecule has 2 heteroatoms. The molecular weight excluding hydrogens is 236 g/mol. The van der Waals surface area contributed by atoms with Crippen molar-refractivity contribution in [1.82, 2.24) is 0 Å². The molecule has 0 N–H and O–H groups in total. The van der Waals surface area contributed by atoms with E-state index in [1.807, 2.05) is 13.0 Å². The van der Waals surface area contributed by atoms with Gasteiger partial charge in [0, 0.05) is 5.56 Å². The number of aryl methyl sites for hydroxylation is 2. The molecule has 0 saturated heterocycles. The molecule has 0 radical (unpaired) electrons. The van der Waals surface area contributed by atoms with Crippen LogP contribution in [0.5, 0.6) is 5.75 Å². The summed E-state index contributed by atoms with van der Waals surface area (Å²) < 4.78 is 5.43. The molecule has 0 aliphatic carbocycles. The summed E-state index contributed by atoms with van der Waals surface area (Å²) in [6.45, 7) is 4.16. The average Bonchev–Trinajstić information content (AvgIpc) is 2.47. The number of aldehydes is 1. The molecule has 2 aromatic carbocycles. The largest absolute Gasteiger partial charge is 0.495 e. The van der Waals surface area contributed by atoms with E-state index in [9.17, 15) is 4.79 Å². The average molecular weight is 254 g/mol. The minimum Gasteiger partial charge on any atom is -0.495 e. The van der Waals surface area contributed by atoms with E-state index in [1.54, 1.807) is 13.2 Å². The number of rotatable bonds is 4. The molecule has 0 bridgehead atoms. The molecule has 2 aromatic rings. The Kier molecular flexibility index (Phi) is 4.00. The molecule has 0 atom stereocenters. The summed E-state index contributed by atoms with van der Waals surface area (Å²) in [6.07, 6.45) is 1.85. The van der Waals surface area contributed by atoms with Gasteiger partial charge in [0.05, 0.1) is 12.7 Å². The fourth-order valence-electron chi connectivity index (χ4n) is 2.28. The van der Waals surface area contributed by atoms with Crippen LogP contribution in [0.4, 0.5) is 0 Å². The molecule has 0 saturated carbocycles. The molecule has 2 nitrogen and oxygen atoms in total. The minimum absolute atomic E-state index is 0.586. The molecule has 98 valence electrons. The van der Waals surface area contributed by atoms with Crippen molar-refractivity contribution in [2.45, 2.75) is 20.3 Å². The lowest BCUT2D eigenvalue weighted by Gasteiger charge is -2.14. The van der Waals surface area contributed by atoms with Crippen LogP contribution >= 0.6 is 0 Å². The van der Waals surface area contributed by atoms with E-state index in [2.05, 4.69) is 31.2 Å². The number of ether oxygens (including phenoxy) is 1. The van der Waals surface area contributed by atoms with Gasteiger partial charge in [0.1, 0.15) is 5.75 Å². The Bertz CT molecular complexity index is 583. The summed E-state index contributed by atoms with van der Waals surface area (Å²) >= 11 is 0. The van der Waals surface area contributed by atoms with Crippen molar-refractivity contribution in [3.63, 3.8) is 0 Å². The van der Waals surface area contributed by atoms with Gasteiger partial charge in [-0.15, -0.1) is 0 Å². The Morgan fingerprint density at radius 3 is 2.32 bits per heavy atom. The van der Waals surface area contributed by atoms with Crippen molar-refractivity contribution in [3.8, 4) is 16.9 Å². The van der Waals surface area contributed by atoms with Crippen molar-refractivity contribution in [2.24, 2.45) is 0 Å². The van der Waals surface area contributed by atoms with E-state index in [1.165, 1.54) is 5.56 Å². The number of hydrogen-bond acceptors (Lipinski definition) is 2. The van der Waals surface area contributed by atoms with Gasteiger partial charge in [0.2, 0.25) is 0 Å². The quantitative estimate of drug-likeness (QED) is 0.769. The van der Waals surface area contributed by atoms with E-state index in [0.717, 1.165) is 29.4 Å². The van der Waals surface area contributed by atoms with Crippen LogP contribution in [0, 0.1) is 6.92 Å². The number of carbonyl (C=O) groups is 1. The first kappa shape index (κ1) is 13.3. The molecule has 0 aliphatic heterocycles. The van der Waals surface area contributed by atoms with E-state index < -0.39 is 0 Å². The summed E-state index contributed by atoms with van der Waals surface area (Å²) in [4.78, 5) is 11.1. The van der Waals surface area contributed by atoms with Crippen LogP contribution in [0.2, 0.25) is 0 Å². The van der Waals surface area contributed by atoms with Crippen molar-refractivity contribution in [1.29, 1.82) is 0 Å². The summed E-state index contributed by atoms with van der Waals surface area (Å²) in [5, 5.41) is 0. The molecule has 0 aliphatic rings. The summed E-state index contributed by atoms with van der Waals surface area (Å²) in [7, 11) is 1.60. The third-order valence-corrected chi connectivity index (χ3v) is 3.38. The highest BCUT2D eigenvalue weighted by Crippen LogP contribution is 2.35. The van der Waals surface area contributed by atoms with Gasteiger partial charge in [-0.25, -0.2) is 0 Å². The van der Waals surface area contributed by atoms with E-state index >= 15 is 0 Å². The fraction of sp³-hybridized carbons (Fsp3) is 0.235. The lowest BCUT2D eigenvalue weighted by atomic mass is 9.95. The topological polar surface area (TPSA) is 26.3 Å². The van der Waals surface area contributed by atoms with Gasteiger partial charge in [-0.1, -0.05) is 37.3 Å². The molecule has 0 heterocycles. The van der Waals surface area contributed by atoms with Crippen LogP contribution in [-0.4, -0.2) is 13.4 Å².